The Morgan fingerprint density at radius 3 is 2.65 bits per heavy atom. The second-order valence-corrected chi connectivity index (χ2v) is 8.07. The van der Waals surface area contributed by atoms with Gasteiger partial charge in [-0.3, -0.25) is 9.69 Å². The Balaban J connectivity index is 1.48. The van der Waals surface area contributed by atoms with Crippen LogP contribution in [0, 0.1) is 5.92 Å². The predicted octanol–water partition coefficient (Wildman–Crippen LogP) is 3.25. The van der Waals surface area contributed by atoms with Crippen LogP contribution in [-0.2, 0) is 11.2 Å². The van der Waals surface area contributed by atoms with Gasteiger partial charge in [-0.25, -0.2) is 4.79 Å². The number of hydrogen-bond acceptors (Lipinski definition) is 3. The molecule has 2 aliphatic carbocycles. The molecule has 3 aliphatic rings. The van der Waals surface area contributed by atoms with Crippen LogP contribution in [0.3, 0.4) is 0 Å². The van der Waals surface area contributed by atoms with Crippen molar-refractivity contribution in [2.24, 2.45) is 5.92 Å². The number of para-hydroxylation sites is 1. The SMILES string of the molecule is O=C(O)CCCC1(NC2CCC3C2Cc2ccccc2N3C(=O)O)CC1. The highest BCUT2D eigenvalue weighted by Crippen LogP contribution is 2.46. The molecule has 1 heterocycles. The van der Waals surface area contributed by atoms with Gasteiger partial charge in [-0.05, 0) is 62.5 Å². The number of carbonyl (C=O) groups is 2. The molecular formula is C20H26N2O4. The van der Waals surface area contributed by atoms with Crippen LogP contribution in [0.15, 0.2) is 24.3 Å². The summed E-state index contributed by atoms with van der Waals surface area (Å²) in [4.78, 5) is 24.3. The molecule has 6 heteroatoms. The Labute approximate surface area is 153 Å². The Morgan fingerprint density at radius 2 is 1.96 bits per heavy atom. The van der Waals surface area contributed by atoms with Crippen LogP contribution in [-0.4, -0.2) is 39.9 Å². The van der Waals surface area contributed by atoms with Gasteiger partial charge in [0.05, 0.1) is 5.69 Å². The summed E-state index contributed by atoms with van der Waals surface area (Å²) in [5.74, 6) is -0.444. The van der Waals surface area contributed by atoms with Crippen LogP contribution >= 0.6 is 0 Å². The van der Waals surface area contributed by atoms with Gasteiger partial charge < -0.3 is 15.5 Å². The highest BCUT2D eigenvalue weighted by molar-refractivity contribution is 5.88. The summed E-state index contributed by atoms with van der Waals surface area (Å²) in [7, 11) is 0. The zero-order valence-corrected chi connectivity index (χ0v) is 14.9. The van der Waals surface area contributed by atoms with Crippen molar-refractivity contribution in [1.29, 1.82) is 0 Å². The molecule has 0 radical (unpaired) electrons. The van der Waals surface area contributed by atoms with Crippen LogP contribution in [0.4, 0.5) is 10.5 Å². The van der Waals surface area contributed by atoms with Crippen molar-refractivity contribution < 1.29 is 19.8 Å². The van der Waals surface area contributed by atoms with Crippen molar-refractivity contribution in [3.05, 3.63) is 29.8 Å². The average molecular weight is 358 g/mol. The molecule has 3 unspecified atom stereocenters. The maximum Gasteiger partial charge on any atom is 0.412 e. The normalized spacial score (nSPS) is 28.3. The minimum Gasteiger partial charge on any atom is -0.481 e. The van der Waals surface area contributed by atoms with E-state index in [-0.39, 0.29) is 23.9 Å². The van der Waals surface area contributed by atoms with Gasteiger partial charge in [0.15, 0.2) is 0 Å². The molecule has 2 saturated carbocycles. The molecular weight excluding hydrogens is 332 g/mol. The number of fused-ring (bicyclic) bond motifs is 2. The molecule has 0 bridgehead atoms. The number of nitrogens with zero attached hydrogens (tertiary/aromatic N) is 1. The smallest absolute Gasteiger partial charge is 0.412 e. The maximum absolute atomic E-state index is 11.9. The van der Waals surface area contributed by atoms with Crippen molar-refractivity contribution >= 4 is 17.7 Å². The third kappa shape index (κ3) is 3.18. The zero-order chi connectivity index (χ0) is 18.3. The van der Waals surface area contributed by atoms with E-state index in [4.69, 9.17) is 5.11 Å². The van der Waals surface area contributed by atoms with E-state index in [1.807, 2.05) is 24.3 Å². The lowest BCUT2D eigenvalue weighted by molar-refractivity contribution is -0.137. The standard InChI is InChI=1S/C20H26N2O4/c23-18(24)6-3-9-20(10-11-20)21-15-7-8-17-14(15)12-13-4-1-2-5-16(13)22(17)19(25)26/h1-2,4-5,14-15,17,21H,3,6-12H2,(H,23,24)(H,25,26). The topological polar surface area (TPSA) is 89.9 Å². The van der Waals surface area contributed by atoms with Gasteiger partial charge in [0.2, 0.25) is 0 Å². The van der Waals surface area contributed by atoms with Crippen molar-refractivity contribution in [3.8, 4) is 0 Å². The molecule has 2 fully saturated rings. The van der Waals surface area contributed by atoms with Gasteiger partial charge in [0.25, 0.3) is 0 Å². The molecule has 1 amide bonds. The van der Waals surface area contributed by atoms with Gasteiger partial charge >= 0.3 is 12.1 Å². The molecule has 3 atom stereocenters. The van der Waals surface area contributed by atoms with Crippen LogP contribution in [0.25, 0.3) is 0 Å². The first kappa shape index (κ1) is 17.3. The summed E-state index contributed by atoms with van der Waals surface area (Å²) >= 11 is 0. The monoisotopic (exact) mass is 358 g/mol. The summed E-state index contributed by atoms with van der Waals surface area (Å²) in [5.41, 5.74) is 2.03. The molecule has 26 heavy (non-hydrogen) atoms. The maximum atomic E-state index is 11.9. The molecule has 1 aromatic carbocycles. The lowest BCUT2D eigenvalue weighted by Gasteiger charge is -2.39. The molecule has 0 saturated heterocycles. The van der Waals surface area contributed by atoms with E-state index >= 15 is 0 Å². The first-order chi connectivity index (χ1) is 12.5. The van der Waals surface area contributed by atoms with Crippen molar-refractivity contribution in [2.75, 3.05) is 4.90 Å². The molecule has 3 N–H and O–H groups in total. The zero-order valence-electron chi connectivity index (χ0n) is 14.9. The van der Waals surface area contributed by atoms with E-state index in [2.05, 4.69) is 5.32 Å². The van der Waals surface area contributed by atoms with Crippen molar-refractivity contribution in [3.63, 3.8) is 0 Å². The van der Waals surface area contributed by atoms with E-state index in [0.29, 0.717) is 12.5 Å². The lowest BCUT2D eigenvalue weighted by atomic mass is 9.85. The predicted molar refractivity (Wildman–Crippen MR) is 97.5 cm³/mol. The lowest BCUT2D eigenvalue weighted by Crippen LogP contribution is -2.51. The fourth-order valence-corrected chi connectivity index (χ4v) is 5.01. The second kappa shape index (κ2) is 6.58. The van der Waals surface area contributed by atoms with Crippen LogP contribution in [0.5, 0.6) is 0 Å². The Hall–Kier alpha value is -2.08. The van der Waals surface area contributed by atoms with Crippen LogP contribution in [0.2, 0.25) is 0 Å². The molecule has 1 aromatic rings. The second-order valence-electron chi connectivity index (χ2n) is 8.07. The molecule has 0 spiro atoms. The number of amides is 1. The van der Waals surface area contributed by atoms with E-state index in [1.165, 1.54) is 0 Å². The summed E-state index contributed by atoms with van der Waals surface area (Å²) in [5, 5.41) is 22.5. The number of nitrogens with one attached hydrogen (secondary N) is 1. The van der Waals surface area contributed by atoms with E-state index < -0.39 is 12.1 Å². The van der Waals surface area contributed by atoms with Gasteiger partial charge in [0.1, 0.15) is 0 Å². The van der Waals surface area contributed by atoms with Crippen LogP contribution < -0.4 is 10.2 Å². The molecule has 1 aliphatic heterocycles. The van der Waals surface area contributed by atoms with E-state index in [9.17, 15) is 14.7 Å². The van der Waals surface area contributed by atoms with Gasteiger partial charge in [-0.15, -0.1) is 0 Å². The Bertz CT molecular complexity index is 716. The largest absolute Gasteiger partial charge is 0.481 e. The third-order valence-corrected chi connectivity index (χ3v) is 6.42. The number of carboxylic acid groups (broad SMARTS) is 2. The van der Waals surface area contributed by atoms with Gasteiger partial charge in [-0.1, -0.05) is 18.2 Å². The number of aliphatic carboxylic acids is 1. The first-order valence-corrected chi connectivity index (χ1v) is 9.59. The Kier molecular flexibility index (Phi) is 4.39. The number of carboxylic acids is 1. The molecule has 140 valence electrons. The average Bonchev–Trinajstić information content (AvgIpc) is 3.25. The quantitative estimate of drug-likeness (QED) is 0.726. The van der Waals surface area contributed by atoms with Gasteiger partial charge in [0, 0.05) is 24.0 Å². The first-order valence-electron chi connectivity index (χ1n) is 9.59. The summed E-state index contributed by atoms with van der Waals surface area (Å²) in [6.07, 6.45) is 5.92. The number of anilines is 1. The minimum atomic E-state index is -0.865. The fraction of sp³-hybridized carbons (Fsp3) is 0.600. The number of benzene rings is 1. The molecule has 0 aromatic heterocycles. The summed E-state index contributed by atoms with van der Waals surface area (Å²) in [6.45, 7) is 0. The summed E-state index contributed by atoms with van der Waals surface area (Å²) < 4.78 is 0. The van der Waals surface area contributed by atoms with Crippen LogP contribution in [0.1, 0.15) is 50.5 Å². The van der Waals surface area contributed by atoms with E-state index in [1.54, 1.807) is 4.90 Å². The van der Waals surface area contributed by atoms with E-state index in [0.717, 1.165) is 49.8 Å². The van der Waals surface area contributed by atoms with Gasteiger partial charge in [-0.2, -0.15) is 0 Å². The summed E-state index contributed by atoms with van der Waals surface area (Å²) in [6, 6.07) is 8.18. The van der Waals surface area contributed by atoms with Crippen molar-refractivity contribution in [1.82, 2.24) is 5.32 Å². The van der Waals surface area contributed by atoms with Crippen molar-refractivity contribution in [2.45, 2.75) is 69.0 Å². The number of hydrogen-bond donors (Lipinski definition) is 3. The Morgan fingerprint density at radius 1 is 1.19 bits per heavy atom. The third-order valence-electron chi connectivity index (χ3n) is 6.42. The molecule has 4 rings (SSSR count). The fourth-order valence-electron chi connectivity index (χ4n) is 5.01. The molecule has 6 nitrogen and oxygen atoms in total. The minimum absolute atomic E-state index is 0.0368. The highest BCUT2D eigenvalue weighted by Gasteiger charge is 2.50. The highest BCUT2D eigenvalue weighted by atomic mass is 16.4. The number of rotatable bonds is 6.